The Balaban J connectivity index is 2.40. The van der Waals surface area contributed by atoms with Crippen molar-refractivity contribution in [1.29, 1.82) is 0 Å². The Kier molecular flexibility index (Phi) is 3.23. The van der Waals surface area contributed by atoms with E-state index in [9.17, 15) is 13.6 Å². The number of nitrogens with zero attached hydrogens (tertiary/aromatic N) is 2. The summed E-state index contributed by atoms with van der Waals surface area (Å²) in [5.41, 5.74) is 0.675. The van der Waals surface area contributed by atoms with Crippen LogP contribution in [0.15, 0.2) is 18.2 Å². The maximum Gasteiger partial charge on any atom is 0.206 e. The van der Waals surface area contributed by atoms with Gasteiger partial charge < -0.3 is 0 Å². The fourth-order valence-electron chi connectivity index (χ4n) is 1.38. The molecule has 0 saturated carbocycles. The Morgan fingerprint density at radius 3 is 2.76 bits per heavy atom. The minimum absolute atomic E-state index is 0.102. The van der Waals surface area contributed by atoms with Crippen molar-refractivity contribution in [2.75, 3.05) is 0 Å². The van der Waals surface area contributed by atoms with Crippen molar-refractivity contribution >= 4 is 17.3 Å². The topological polar surface area (TPSA) is 42.9 Å². The van der Waals surface area contributed by atoms with E-state index in [-0.39, 0.29) is 11.3 Å². The molecule has 0 unspecified atom stereocenters. The van der Waals surface area contributed by atoms with Crippen molar-refractivity contribution in [3.8, 4) is 0 Å². The maximum absolute atomic E-state index is 13.0. The predicted octanol–water partition coefficient (Wildman–Crippen LogP) is 2.61. The SMILES string of the molecule is CCc1nnsc1C(=O)c1ccc(F)c(F)c1. The molecule has 0 N–H and O–H groups in total. The van der Waals surface area contributed by atoms with E-state index in [1.807, 2.05) is 6.92 Å². The molecule has 0 amide bonds. The van der Waals surface area contributed by atoms with E-state index in [1.54, 1.807) is 0 Å². The van der Waals surface area contributed by atoms with E-state index in [4.69, 9.17) is 0 Å². The Morgan fingerprint density at radius 1 is 1.35 bits per heavy atom. The zero-order valence-electron chi connectivity index (χ0n) is 8.91. The quantitative estimate of drug-likeness (QED) is 0.791. The molecule has 0 spiro atoms. The number of hydrogen-bond donors (Lipinski definition) is 0. The molecule has 0 atom stereocenters. The monoisotopic (exact) mass is 254 g/mol. The fourth-order valence-corrected chi connectivity index (χ4v) is 2.09. The summed E-state index contributed by atoms with van der Waals surface area (Å²) in [7, 11) is 0. The van der Waals surface area contributed by atoms with E-state index in [1.165, 1.54) is 6.07 Å². The summed E-state index contributed by atoms with van der Waals surface area (Å²) in [6, 6.07) is 3.07. The lowest BCUT2D eigenvalue weighted by Gasteiger charge is -2.00. The van der Waals surface area contributed by atoms with Crippen LogP contribution in [-0.2, 0) is 6.42 Å². The minimum Gasteiger partial charge on any atom is -0.288 e. The van der Waals surface area contributed by atoms with Gasteiger partial charge in [-0.1, -0.05) is 11.4 Å². The van der Waals surface area contributed by atoms with Gasteiger partial charge >= 0.3 is 0 Å². The second-order valence-electron chi connectivity index (χ2n) is 3.36. The summed E-state index contributed by atoms with van der Waals surface area (Å²) >= 11 is 0.960. The molecule has 0 bridgehead atoms. The molecule has 0 aliphatic heterocycles. The maximum atomic E-state index is 13.0. The number of ketones is 1. The molecule has 0 aliphatic carbocycles. The molecule has 88 valence electrons. The Morgan fingerprint density at radius 2 is 2.12 bits per heavy atom. The molecule has 0 radical (unpaired) electrons. The Hall–Kier alpha value is -1.69. The van der Waals surface area contributed by atoms with Crippen molar-refractivity contribution in [1.82, 2.24) is 9.59 Å². The van der Waals surface area contributed by atoms with Crippen LogP contribution in [0, 0.1) is 11.6 Å². The van der Waals surface area contributed by atoms with Gasteiger partial charge in [-0.2, -0.15) is 0 Å². The summed E-state index contributed by atoms with van der Waals surface area (Å²) in [5, 5.41) is 3.80. The first-order valence-corrected chi connectivity index (χ1v) is 5.71. The van der Waals surface area contributed by atoms with Gasteiger partial charge in [-0.15, -0.1) is 5.10 Å². The molecule has 17 heavy (non-hydrogen) atoms. The molecule has 0 saturated heterocycles. The number of rotatable bonds is 3. The van der Waals surface area contributed by atoms with Crippen LogP contribution in [0.3, 0.4) is 0 Å². The van der Waals surface area contributed by atoms with Crippen molar-refractivity contribution < 1.29 is 13.6 Å². The highest BCUT2D eigenvalue weighted by atomic mass is 32.1. The number of carbonyl (C=O) groups is 1. The molecule has 1 heterocycles. The smallest absolute Gasteiger partial charge is 0.206 e. The lowest BCUT2D eigenvalue weighted by Crippen LogP contribution is -2.03. The normalized spacial score (nSPS) is 10.5. The summed E-state index contributed by atoms with van der Waals surface area (Å²) < 4.78 is 29.4. The van der Waals surface area contributed by atoms with Crippen LogP contribution >= 0.6 is 11.5 Å². The van der Waals surface area contributed by atoms with Crippen LogP contribution in [0.2, 0.25) is 0 Å². The fraction of sp³-hybridized carbons (Fsp3) is 0.182. The number of aromatic nitrogens is 2. The highest BCUT2D eigenvalue weighted by molar-refractivity contribution is 7.08. The second kappa shape index (κ2) is 4.67. The first kappa shape index (κ1) is 11.8. The van der Waals surface area contributed by atoms with Gasteiger partial charge in [-0.05, 0) is 36.2 Å². The van der Waals surface area contributed by atoms with Gasteiger partial charge in [0.05, 0.1) is 5.69 Å². The van der Waals surface area contributed by atoms with Crippen LogP contribution in [0.5, 0.6) is 0 Å². The molecule has 2 rings (SSSR count). The van der Waals surface area contributed by atoms with Gasteiger partial charge in [-0.25, -0.2) is 8.78 Å². The zero-order valence-corrected chi connectivity index (χ0v) is 9.72. The largest absolute Gasteiger partial charge is 0.288 e. The summed E-state index contributed by atoms with van der Waals surface area (Å²) in [4.78, 5) is 12.4. The van der Waals surface area contributed by atoms with Crippen LogP contribution in [-0.4, -0.2) is 15.4 Å². The minimum atomic E-state index is -1.04. The van der Waals surface area contributed by atoms with Crippen LogP contribution in [0.4, 0.5) is 8.78 Å². The van der Waals surface area contributed by atoms with Crippen LogP contribution in [0.1, 0.15) is 27.9 Å². The number of halogens is 2. The van der Waals surface area contributed by atoms with Crippen molar-refractivity contribution in [2.45, 2.75) is 13.3 Å². The van der Waals surface area contributed by atoms with E-state index in [0.717, 1.165) is 23.7 Å². The van der Waals surface area contributed by atoms with Crippen molar-refractivity contribution in [3.05, 3.63) is 46.0 Å². The highest BCUT2D eigenvalue weighted by Crippen LogP contribution is 2.18. The predicted molar refractivity (Wildman–Crippen MR) is 59.1 cm³/mol. The van der Waals surface area contributed by atoms with Gasteiger partial charge in [0.25, 0.3) is 0 Å². The Labute approximate surface area is 100 Å². The lowest BCUT2D eigenvalue weighted by molar-refractivity contribution is 0.104. The third kappa shape index (κ3) is 2.21. The van der Waals surface area contributed by atoms with E-state index in [0.29, 0.717) is 17.0 Å². The van der Waals surface area contributed by atoms with Crippen molar-refractivity contribution in [3.63, 3.8) is 0 Å². The van der Waals surface area contributed by atoms with Gasteiger partial charge in [0.15, 0.2) is 11.6 Å². The van der Waals surface area contributed by atoms with E-state index in [2.05, 4.69) is 9.59 Å². The van der Waals surface area contributed by atoms with Gasteiger partial charge in [-0.3, -0.25) is 4.79 Å². The van der Waals surface area contributed by atoms with Gasteiger partial charge in [0.2, 0.25) is 5.78 Å². The number of benzene rings is 1. The summed E-state index contributed by atoms with van der Waals surface area (Å²) in [6.07, 6.45) is 0.571. The summed E-state index contributed by atoms with van der Waals surface area (Å²) in [6.45, 7) is 1.85. The molecule has 2 aromatic rings. The number of carbonyl (C=O) groups excluding carboxylic acids is 1. The van der Waals surface area contributed by atoms with Crippen molar-refractivity contribution in [2.24, 2.45) is 0 Å². The highest BCUT2D eigenvalue weighted by Gasteiger charge is 2.18. The zero-order chi connectivity index (χ0) is 12.4. The van der Waals surface area contributed by atoms with E-state index < -0.39 is 11.6 Å². The lowest BCUT2D eigenvalue weighted by atomic mass is 10.1. The first-order valence-electron chi connectivity index (χ1n) is 4.94. The second-order valence-corrected chi connectivity index (χ2v) is 4.11. The molecule has 6 heteroatoms. The molecule has 3 nitrogen and oxygen atoms in total. The molecule has 0 aliphatic rings. The van der Waals surface area contributed by atoms with E-state index >= 15 is 0 Å². The van der Waals surface area contributed by atoms with Crippen LogP contribution in [0.25, 0.3) is 0 Å². The number of aryl methyl sites for hydroxylation is 1. The summed E-state index contributed by atoms with van der Waals surface area (Å²) in [5.74, 6) is -2.39. The number of hydrogen-bond acceptors (Lipinski definition) is 4. The van der Waals surface area contributed by atoms with Gasteiger partial charge in [0.1, 0.15) is 4.88 Å². The molecule has 1 aromatic heterocycles. The third-order valence-corrected chi connectivity index (χ3v) is 3.05. The molecule has 1 aromatic carbocycles. The molecule has 0 fully saturated rings. The standard InChI is InChI=1S/C11H8F2N2OS/c1-2-9-11(17-15-14-9)10(16)6-3-4-7(12)8(13)5-6/h3-5H,2H2,1H3. The average Bonchev–Trinajstić information content (AvgIpc) is 2.80. The molecular formula is C11H8F2N2OS. The van der Waals surface area contributed by atoms with Gasteiger partial charge in [0, 0.05) is 5.56 Å². The molecular weight excluding hydrogens is 246 g/mol. The average molecular weight is 254 g/mol. The third-order valence-electron chi connectivity index (χ3n) is 2.28. The Bertz CT molecular complexity index is 568. The first-order chi connectivity index (χ1) is 8.13. The van der Waals surface area contributed by atoms with Crippen LogP contribution < -0.4 is 0 Å².